The number of carbonyl (C=O) groups excluding carboxylic acids is 2. The van der Waals surface area contributed by atoms with E-state index < -0.39 is 47.9 Å². The maximum Gasteiger partial charge on any atom is 0.335 e. The lowest BCUT2D eigenvalue weighted by molar-refractivity contribution is -0.253. The first-order valence-corrected chi connectivity index (χ1v) is 26.7. The predicted molar refractivity (Wildman–Crippen MR) is 320 cm³/mol. The van der Waals surface area contributed by atoms with Gasteiger partial charge in [0.25, 0.3) is 22.9 Å². The van der Waals surface area contributed by atoms with Gasteiger partial charge in [0.1, 0.15) is 31.1 Å². The van der Waals surface area contributed by atoms with E-state index >= 15 is 0 Å². The molecular weight excluding hydrogens is 1130 g/mol. The zero-order valence-corrected chi connectivity index (χ0v) is 47.6. The number of benzene rings is 5. The van der Waals surface area contributed by atoms with Crippen LogP contribution in [0.4, 0.5) is 22.7 Å². The van der Waals surface area contributed by atoms with Gasteiger partial charge in [-0.15, -0.1) is 10.2 Å². The molecule has 25 heteroatoms. The Bertz CT molecular complexity index is 4220. The van der Waals surface area contributed by atoms with E-state index in [4.69, 9.17) is 21.0 Å². The quantitative estimate of drug-likeness (QED) is 0.0332. The van der Waals surface area contributed by atoms with E-state index in [1.807, 2.05) is 112 Å². The number of carboxylic acid groups (broad SMARTS) is 2. The van der Waals surface area contributed by atoms with Crippen molar-refractivity contribution in [2.75, 3.05) is 61.2 Å². The van der Waals surface area contributed by atoms with Crippen LogP contribution >= 0.6 is 0 Å². The summed E-state index contributed by atoms with van der Waals surface area (Å²) in [6, 6.07) is 29.9. The number of fused-ring (bicyclic) bond motifs is 2. The van der Waals surface area contributed by atoms with Crippen molar-refractivity contribution in [3.63, 3.8) is 0 Å². The molecule has 2 aliphatic rings. The zero-order chi connectivity index (χ0) is 62.6. The number of carboxylic acids is 2. The highest BCUT2D eigenvalue weighted by Gasteiger charge is 2.34. The van der Waals surface area contributed by atoms with Crippen LogP contribution in [0.3, 0.4) is 0 Å². The lowest BCUT2D eigenvalue weighted by Gasteiger charge is -2.14. The molecule has 0 spiro atoms. The Morgan fingerprint density at radius 3 is 1.55 bits per heavy atom. The molecule has 0 saturated heterocycles. The minimum atomic E-state index is -1.37. The molecule has 5 aromatic carbocycles. The first-order valence-electron chi connectivity index (χ1n) is 26.7. The third-order valence-corrected chi connectivity index (χ3v) is 13.9. The summed E-state index contributed by atoms with van der Waals surface area (Å²) in [5.74, 6) is -4.74. The van der Waals surface area contributed by atoms with Gasteiger partial charge in [0.05, 0.1) is 52.1 Å². The fourth-order valence-corrected chi connectivity index (χ4v) is 9.58. The number of aromatic carboxylic acids is 2. The second kappa shape index (κ2) is 28.1. The van der Waals surface area contributed by atoms with Gasteiger partial charge in [0.2, 0.25) is 0 Å². The highest BCUT2D eigenvalue weighted by molar-refractivity contribution is 6.10. The third kappa shape index (κ3) is 14.0. The fraction of sp³-hybridized carbons (Fsp3) is 0.194. The normalized spacial score (nSPS) is 13.0. The number of aromatic nitrogens is 2. The standard InChI is InChI=1S/C33H28N4O11.C29H32N4O6/c1-35(2)23-8-6-18(7-9-23)4-3-5-26-28(38)27-29(36(30(26)39)24-12-19(16-47-45)10-21(14-24)32(41)42)34-37(31(27)40)25-13-20(17-48-46)11-22(15-25)33(43)44;1-4-24-25(7-5-6-20-8-12-22(13-9-20)31(2)3)28(34)32(17-19-39-37)27-26(24)29(35)33(30-27)23-14-10-21(11-15-23)16-18-38-36/h3-15,38,45-46H,16-17H2,1-2H3,(H,41,42)(H,43,44);5-15,36-37H,4,16-19H2,1-3H3/b4-3+,26-5+;6-5+,25-7-. The summed E-state index contributed by atoms with van der Waals surface area (Å²) in [6.45, 7) is 1.05. The van der Waals surface area contributed by atoms with E-state index in [2.05, 4.69) is 29.8 Å². The molecule has 0 atom stereocenters. The third-order valence-electron chi connectivity index (χ3n) is 13.9. The van der Waals surface area contributed by atoms with Crippen molar-refractivity contribution < 1.29 is 75.1 Å². The Morgan fingerprint density at radius 2 is 1.05 bits per heavy atom. The van der Waals surface area contributed by atoms with Crippen molar-refractivity contribution in [2.45, 2.75) is 39.5 Å². The maximum absolute atomic E-state index is 14.1. The van der Waals surface area contributed by atoms with Gasteiger partial charge in [-0.2, -0.15) is 10.0 Å². The molecule has 0 fully saturated rings. The van der Waals surface area contributed by atoms with Crippen LogP contribution in [0, 0.1) is 0 Å². The van der Waals surface area contributed by atoms with Crippen LogP contribution in [0.15, 0.2) is 141 Å². The first-order chi connectivity index (χ1) is 41.8. The van der Waals surface area contributed by atoms with Crippen LogP contribution in [0.5, 0.6) is 5.75 Å². The Labute approximate surface area is 494 Å². The maximum atomic E-state index is 14.1. The summed E-state index contributed by atoms with van der Waals surface area (Å²) in [4.78, 5) is 99.7. The molecule has 0 unspecified atom stereocenters. The lowest BCUT2D eigenvalue weighted by atomic mass is 10.0. The summed E-state index contributed by atoms with van der Waals surface area (Å²) in [7, 11) is 7.74. The summed E-state index contributed by atoms with van der Waals surface area (Å²) < 4.78 is 2.28. The minimum Gasteiger partial charge on any atom is -0.506 e. The SMILES string of the molecule is CCc1c2c(n(CCOO)c(=O)/c1=C\C=C\c1ccc(N(C)C)cc1)=NN(c1ccc(CCOO)cc1)C2=O.CN(C)c1ccc(/C=C/C=c2\c(O)c3c(n(-c4cc(COO)cc(C(=O)O)c4)c2=O)=NN(c2cc(COO)cc(C(=O)O)c2)C3=O)cc1. The van der Waals surface area contributed by atoms with Crippen LogP contribution in [-0.4, -0.2) is 111 Å². The number of nitrogens with zero attached hydrogens (tertiary/aromatic N) is 8. The molecule has 0 bridgehead atoms. The van der Waals surface area contributed by atoms with Crippen LogP contribution < -0.4 is 52.3 Å². The van der Waals surface area contributed by atoms with Crippen LogP contribution in [0.2, 0.25) is 0 Å². The predicted octanol–water partition coefficient (Wildman–Crippen LogP) is 5.36. The van der Waals surface area contributed by atoms with Crippen molar-refractivity contribution in [2.24, 2.45) is 10.2 Å². The number of amides is 2. The summed E-state index contributed by atoms with van der Waals surface area (Å²) in [6.07, 6.45) is 10.8. The van der Waals surface area contributed by atoms with E-state index in [0.29, 0.717) is 34.9 Å². The number of hydrogen-bond donors (Lipinski definition) is 7. The molecule has 2 aromatic heterocycles. The van der Waals surface area contributed by atoms with Crippen LogP contribution in [0.25, 0.3) is 30.0 Å². The van der Waals surface area contributed by atoms with Crippen molar-refractivity contribution in [1.82, 2.24) is 9.13 Å². The average molecular weight is 1190 g/mol. The number of rotatable bonds is 22. The Kier molecular flexibility index (Phi) is 20.3. The van der Waals surface area contributed by atoms with E-state index in [0.717, 1.165) is 49.8 Å². The number of anilines is 4. The number of pyridine rings is 2. The van der Waals surface area contributed by atoms with E-state index in [1.54, 1.807) is 30.4 Å². The zero-order valence-electron chi connectivity index (χ0n) is 47.6. The summed E-state index contributed by atoms with van der Waals surface area (Å²) in [5.41, 5.74) is 3.94. The van der Waals surface area contributed by atoms with Crippen molar-refractivity contribution in [3.8, 4) is 11.4 Å². The average Bonchev–Trinajstić information content (AvgIpc) is 1.69. The Morgan fingerprint density at radius 1 is 0.552 bits per heavy atom. The molecule has 0 aliphatic carbocycles. The van der Waals surface area contributed by atoms with Gasteiger partial charge in [-0.05, 0) is 131 Å². The molecule has 7 aromatic rings. The second-order valence-corrected chi connectivity index (χ2v) is 20.0. The van der Waals surface area contributed by atoms with Crippen LogP contribution in [0.1, 0.15) is 81.7 Å². The van der Waals surface area contributed by atoms with Crippen LogP contribution in [-0.2, 0) is 52.2 Å². The molecule has 2 aliphatic heterocycles. The topological polar surface area (TPSA) is 328 Å². The second-order valence-electron chi connectivity index (χ2n) is 20.0. The summed E-state index contributed by atoms with van der Waals surface area (Å²) >= 11 is 0. The minimum absolute atomic E-state index is 0.0168. The molecule has 87 heavy (non-hydrogen) atoms. The lowest BCUT2D eigenvalue weighted by Crippen LogP contribution is -2.47. The monoisotopic (exact) mass is 1190 g/mol. The molecule has 0 radical (unpaired) electrons. The molecular formula is C62H60N8O17. The van der Waals surface area contributed by atoms with Gasteiger partial charge in [0.15, 0.2) is 11.0 Å². The van der Waals surface area contributed by atoms with Crippen molar-refractivity contribution >= 4 is 70.8 Å². The van der Waals surface area contributed by atoms with Gasteiger partial charge < -0.3 is 25.1 Å². The van der Waals surface area contributed by atoms with E-state index in [-0.39, 0.29) is 81.0 Å². The smallest absolute Gasteiger partial charge is 0.335 e. The molecule has 2 amide bonds. The van der Waals surface area contributed by atoms with Crippen molar-refractivity contribution in [1.29, 1.82) is 0 Å². The molecule has 450 valence electrons. The van der Waals surface area contributed by atoms with Gasteiger partial charge >= 0.3 is 11.9 Å². The highest BCUT2D eigenvalue weighted by Crippen LogP contribution is 2.28. The summed E-state index contributed by atoms with van der Waals surface area (Å²) in [5, 5.41) is 77.2. The number of hydrogen-bond acceptors (Lipinski definition) is 19. The number of allylic oxidation sites excluding steroid dienone is 2. The first kappa shape index (κ1) is 62.8. The van der Waals surface area contributed by atoms with Crippen molar-refractivity contribution in [3.05, 3.63) is 219 Å². The number of aromatic hydroxyl groups is 1. The molecule has 7 N–H and O–H groups in total. The van der Waals surface area contributed by atoms with E-state index in [1.165, 1.54) is 46.0 Å². The van der Waals surface area contributed by atoms with E-state index in [9.17, 15) is 44.1 Å². The Hall–Kier alpha value is -10.2. The molecule has 9 rings (SSSR count). The highest BCUT2D eigenvalue weighted by atomic mass is 17.1. The molecule has 4 heterocycles. The number of carbonyl (C=O) groups is 4. The van der Waals surface area contributed by atoms with Gasteiger partial charge in [-0.3, -0.25) is 49.3 Å². The van der Waals surface area contributed by atoms with Gasteiger partial charge in [-0.1, -0.05) is 67.6 Å². The molecule has 0 saturated carbocycles. The van der Waals surface area contributed by atoms with Gasteiger partial charge in [0, 0.05) is 44.8 Å². The molecule has 25 nitrogen and oxygen atoms in total. The fourth-order valence-electron chi connectivity index (χ4n) is 9.58. The largest absolute Gasteiger partial charge is 0.506 e. The van der Waals surface area contributed by atoms with Gasteiger partial charge in [-0.25, -0.2) is 29.1 Å². The Balaban J connectivity index is 0.000000231.